The monoisotopic (exact) mass is 678 g/mol. The number of anilines is 1. The van der Waals surface area contributed by atoms with Gasteiger partial charge in [0, 0.05) is 50.7 Å². The van der Waals surface area contributed by atoms with Gasteiger partial charge in [0.25, 0.3) is 5.91 Å². The average Bonchev–Trinajstić information content (AvgIpc) is 3.08. The molecule has 2 heterocycles. The van der Waals surface area contributed by atoms with Crippen LogP contribution in [0.3, 0.4) is 0 Å². The van der Waals surface area contributed by atoms with Crippen molar-refractivity contribution in [2.45, 2.75) is 76.5 Å². The molecule has 13 heteroatoms. The van der Waals surface area contributed by atoms with Gasteiger partial charge >= 0.3 is 6.03 Å². The lowest BCUT2D eigenvalue weighted by Crippen LogP contribution is -2.49. The van der Waals surface area contributed by atoms with Crippen molar-refractivity contribution in [1.29, 1.82) is 0 Å². The van der Waals surface area contributed by atoms with Gasteiger partial charge in [0.1, 0.15) is 5.75 Å². The minimum atomic E-state index is -1.11. The highest BCUT2D eigenvalue weighted by molar-refractivity contribution is 5.89. The molecule has 0 radical (unpaired) electrons. The van der Waals surface area contributed by atoms with Crippen LogP contribution in [0.4, 0.5) is 10.5 Å². The van der Waals surface area contributed by atoms with Crippen molar-refractivity contribution in [2.75, 3.05) is 38.1 Å². The molecule has 6 N–H and O–H groups in total. The number of piperidine rings is 1. The second-order valence-corrected chi connectivity index (χ2v) is 12.9. The fourth-order valence-corrected chi connectivity index (χ4v) is 6.29. The summed E-state index contributed by atoms with van der Waals surface area (Å²) in [7, 11) is 0. The van der Waals surface area contributed by atoms with Crippen LogP contribution in [0.2, 0.25) is 0 Å². The van der Waals surface area contributed by atoms with Crippen molar-refractivity contribution in [2.24, 2.45) is 11.8 Å². The molecular weight excluding hydrogens is 628 g/mol. The maximum Gasteiger partial charge on any atom is 0.319 e. The molecule has 0 aromatic heterocycles. The van der Waals surface area contributed by atoms with Crippen LogP contribution in [-0.2, 0) is 19.2 Å². The van der Waals surface area contributed by atoms with Crippen molar-refractivity contribution in [3.63, 3.8) is 0 Å². The Morgan fingerprint density at radius 1 is 0.878 bits per heavy atom. The van der Waals surface area contributed by atoms with E-state index in [1.54, 1.807) is 36.1 Å². The Hall–Kier alpha value is -4.65. The fourth-order valence-electron chi connectivity index (χ4n) is 6.29. The van der Waals surface area contributed by atoms with Gasteiger partial charge in [-0.3, -0.25) is 19.2 Å². The second kappa shape index (κ2) is 19.4. The lowest BCUT2D eigenvalue weighted by atomic mass is 9.80. The lowest BCUT2D eigenvalue weighted by molar-refractivity contribution is -0.137. The van der Waals surface area contributed by atoms with Gasteiger partial charge in [-0.15, -0.1) is 0 Å². The molecule has 2 aliphatic heterocycles. The molecule has 0 aliphatic carbocycles. The molecule has 2 aromatic carbocycles. The number of rotatable bonds is 9. The average molecular weight is 679 g/mol. The molecule has 2 fully saturated rings. The van der Waals surface area contributed by atoms with Gasteiger partial charge in [-0.05, 0) is 75.1 Å². The van der Waals surface area contributed by atoms with Crippen LogP contribution in [0.25, 0.3) is 0 Å². The zero-order valence-corrected chi connectivity index (χ0v) is 28.2. The SMILES string of the molecule is C[C@@H]1NC(=O)C[C@@H]2CCN(C(=O)COc3ccccc3)C[C@@H]2CCNC(=O)C[C@H](CCCCNC(=O)Nc2ccccc2)NC(=O)C[C@@H]1O. The number of fused-ring (bicyclic) bond motifs is 1. The number of hydrogen-bond donors (Lipinski definition) is 6. The third-order valence-corrected chi connectivity index (χ3v) is 9.09. The fraction of sp³-hybridized carbons (Fsp3) is 0.528. The minimum absolute atomic E-state index is 0.0207. The number of carbonyl (C=O) groups is 5. The summed E-state index contributed by atoms with van der Waals surface area (Å²) in [5, 5.41) is 25.0. The first-order valence-corrected chi connectivity index (χ1v) is 17.2. The number of urea groups is 1. The number of amides is 6. The number of likely N-dealkylation sites (tertiary alicyclic amines) is 1. The Kier molecular flexibility index (Phi) is 14.7. The second-order valence-electron chi connectivity index (χ2n) is 12.9. The van der Waals surface area contributed by atoms with Crippen LogP contribution in [0.5, 0.6) is 5.75 Å². The number of nitrogens with zero attached hydrogens (tertiary/aromatic N) is 1. The van der Waals surface area contributed by atoms with Crippen LogP contribution in [0.1, 0.15) is 58.3 Å². The highest BCUT2D eigenvalue weighted by Crippen LogP contribution is 2.29. The van der Waals surface area contributed by atoms with E-state index < -0.39 is 24.1 Å². The van der Waals surface area contributed by atoms with Crippen molar-refractivity contribution in [3.8, 4) is 5.75 Å². The number of para-hydroxylation sites is 2. The van der Waals surface area contributed by atoms with E-state index in [1.807, 2.05) is 36.4 Å². The largest absolute Gasteiger partial charge is 0.484 e. The molecular formula is C36H50N6O7. The Labute approximate surface area is 287 Å². The maximum absolute atomic E-state index is 13.0. The molecule has 0 unspecified atom stereocenters. The first-order valence-electron chi connectivity index (χ1n) is 17.2. The summed E-state index contributed by atoms with van der Waals surface area (Å²) in [6.45, 7) is 3.29. The smallest absolute Gasteiger partial charge is 0.319 e. The van der Waals surface area contributed by atoms with E-state index in [0.29, 0.717) is 69.7 Å². The van der Waals surface area contributed by atoms with Crippen molar-refractivity contribution in [1.82, 2.24) is 26.2 Å². The topological polar surface area (TPSA) is 178 Å². The Morgan fingerprint density at radius 3 is 2.35 bits per heavy atom. The van der Waals surface area contributed by atoms with Gasteiger partial charge in [-0.2, -0.15) is 0 Å². The van der Waals surface area contributed by atoms with E-state index in [4.69, 9.17) is 4.74 Å². The van der Waals surface area contributed by atoms with Gasteiger partial charge < -0.3 is 41.3 Å². The number of hydrogen-bond acceptors (Lipinski definition) is 7. The molecule has 0 bridgehead atoms. The molecule has 5 atom stereocenters. The van der Waals surface area contributed by atoms with E-state index in [0.717, 1.165) is 0 Å². The summed E-state index contributed by atoms with van der Waals surface area (Å²) in [6, 6.07) is 16.8. The highest BCUT2D eigenvalue weighted by Gasteiger charge is 2.33. The summed E-state index contributed by atoms with van der Waals surface area (Å²) in [4.78, 5) is 65.9. The van der Waals surface area contributed by atoms with Crippen molar-refractivity contribution in [3.05, 3.63) is 60.7 Å². The van der Waals surface area contributed by atoms with Gasteiger partial charge in [-0.1, -0.05) is 36.4 Å². The Balaban J connectivity index is 1.31. The van der Waals surface area contributed by atoms with Crippen LogP contribution in [0.15, 0.2) is 60.7 Å². The highest BCUT2D eigenvalue weighted by atomic mass is 16.5. The molecule has 6 amide bonds. The van der Waals surface area contributed by atoms with Gasteiger partial charge in [0.05, 0.1) is 18.6 Å². The number of aliphatic hydroxyl groups excluding tert-OH is 1. The molecule has 2 aromatic rings. The number of nitrogens with one attached hydrogen (secondary N) is 5. The number of ether oxygens (including phenoxy) is 1. The third-order valence-electron chi connectivity index (χ3n) is 9.09. The lowest BCUT2D eigenvalue weighted by Gasteiger charge is -2.39. The predicted molar refractivity (Wildman–Crippen MR) is 184 cm³/mol. The molecule has 0 saturated carbocycles. The molecule has 4 rings (SSSR count). The van der Waals surface area contributed by atoms with E-state index >= 15 is 0 Å². The van der Waals surface area contributed by atoms with Crippen molar-refractivity contribution < 1.29 is 33.8 Å². The quantitative estimate of drug-likeness (QED) is 0.221. The molecule has 49 heavy (non-hydrogen) atoms. The van der Waals surface area contributed by atoms with E-state index in [-0.39, 0.29) is 61.5 Å². The van der Waals surface area contributed by atoms with E-state index in [2.05, 4.69) is 26.6 Å². The summed E-state index contributed by atoms with van der Waals surface area (Å²) < 4.78 is 5.67. The normalized spacial score (nSPS) is 24.0. The van der Waals surface area contributed by atoms with Crippen LogP contribution in [0, 0.1) is 11.8 Å². The van der Waals surface area contributed by atoms with Gasteiger partial charge in [-0.25, -0.2) is 4.79 Å². The molecule has 2 aliphatic rings. The zero-order valence-electron chi connectivity index (χ0n) is 28.2. The van der Waals surface area contributed by atoms with E-state index in [9.17, 15) is 29.1 Å². The van der Waals surface area contributed by atoms with Crippen LogP contribution in [-0.4, -0.2) is 90.6 Å². The molecule has 2 saturated heterocycles. The zero-order chi connectivity index (χ0) is 35.0. The Morgan fingerprint density at radius 2 is 1.59 bits per heavy atom. The molecule has 13 nitrogen and oxygen atoms in total. The van der Waals surface area contributed by atoms with Crippen molar-refractivity contribution >= 4 is 35.3 Å². The predicted octanol–water partition coefficient (Wildman–Crippen LogP) is 2.56. The number of benzene rings is 2. The minimum Gasteiger partial charge on any atom is -0.484 e. The van der Waals surface area contributed by atoms with Crippen LogP contribution < -0.4 is 31.3 Å². The number of aliphatic hydroxyl groups is 1. The standard InChI is InChI=1S/C36H50N6O7/c1-25-31(43)22-34(46)40-29(12-8-9-17-38-36(48)41-28-10-4-2-5-11-28)21-32(44)37-18-15-27-23-42(19-16-26(27)20-33(45)39-25)35(47)24-49-30-13-6-3-7-14-30/h2-7,10-11,13-14,25-27,29,31,43H,8-9,12,15-24H2,1H3,(H,37,44)(H,39,45)(H,40,46)(H2,38,41,48)/t25-,26-,27-,29-,31-/m0/s1. The number of carbonyl (C=O) groups excluding carboxylic acids is 5. The maximum atomic E-state index is 13.0. The molecule has 266 valence electrons. The van der Waals surface area contributed by atoms with Crippen LogP contribution >= 0.6 is 0 Å². The van der Waals surface area contributed by atoms with Gasteiger partial charge in [0.2, 0.25) is 17.7 Å². The third kappa shape index (κ3) is 13.1. The summed E-state index contributed by atoms with van der Waals surface area (Å²) in [6.07, 6.45) is 1.90. The first kappa shape index (κ1) is 37.2. The number of unbranched alkanes of at least 4 members (excludes halogenated alkanes) is 1. The summed E-state index contributed by atoms with van der Waals surface area (Å²) in [5.74, 6) is -0.431. The van der Waals surface area contributed by atoms with E-state index in [1.165, 1.54) is 0 Å². The van der Waals surface area contributed by atoms with Gasteiger partial charge in [0.15, 0.2) is 6.61 Å². The summed E-state index contributed by atoms with van der Waals surface area (Å²) in [5.41, 5.74) is 0.689. The summed E-state index contributed by atoms with van der Waals surface area (Å²) >= 11 is 0. The molecule has 0 spiro atoms. The Bertz CT molecular complexity index is 1380. The first-order chi connectivity index (χ1) is 23.7.